The van der Waals surface area contributed by atoms with E-state index in [0.29, 0.717) is 11.3 Å². The van der Waals surface area contributed by atoms with E-state index in [0.717, 1.165) is 0 Å². The van der Waals surface area contributed by atoms with Crippen LogP contribution in [-0.2, 0) is 27.2 Å². The number of carbonyl (C=O) groups is 1. The lowest BCUT2D eigenvalue weighted by Gasteiger charge is -2.36. The Balaban J connectivity index is 2.55. The van der Waals surface area contributed by atoms with E-state index < -0.39 is 32.0 Å². The van der Waals surface area contributed by atoms with Gasteiger partial charge in [-0.15, -0.1) is 0 Å². The Bertz CT molecular complexity index is 841. The largest absolute Gasteiger partial charge is 0.497 e. The zero-order valence-electron chi connectivity index (χ0n) is 18.5. The average molecular weight is 476 g/mol. The molecule has 0 saturated heterocycles. The molecule has 31 heavy (non-hydrogen) atoms. The second-order valence-electron chi connectivity index (χ2n) is 6.47. The lowest BCUT2D eigenvalue weighted by atomic mass is 10.0. The summed E-state index contributed by atoms with van der Waals surface area (Å²) in [6.45, 7) is 6.49. The van der Waals surface area contributed by atoms with E-state index >= 15 is 0 Å². The number of hydrogen-bond acceptors (Lipinski definition) is 10. The summed E-state index contributed by atoms with van der Waals surface area (Å²) in [5.74, 6) is 0.0966. The van der Waals surface area contributed by atoms with Gasteiger partial charge in [-0.25, -0.2) is 0 Å². The van der Waals surface area contributed by atoms with Crippen LogP contribution in [0, 0.1) is 0 Å². The van der Waals surface area contributed by atoms with Crippen LogP contribution in [0.5, 0.6) is 5.75 Å². The summed E-state index contributed by atoms with van der Waals surface area (Å²) in [7, 11) is -6.94. The van der Waals surface area contributed by atoms with Gasteiger partial charge in [-0.1, -0.05) is 12.1 Å². The third kappa shape index (κ3) is 5.00. The fraction of sp³-hybridized carbons (Fsp3) is 0.632. The number of nitrogens with zero attached hydrogens (tertiary/aromatic N) is 2. The summed E-state index contributed by atoms with van der Waals surface area (Å²) in [6, 6.07) is 5.47. The Kier molecular flexibility index (Phi) is 9.13. The Morgan fingerprint density at radius 3 is 1.97 bits per heavy atom. The molecule has 1 unspecified atom stereocenters. The number of carbonyl (C=O) groups excluding carboxylic acids is 1. The van der Waals surface area contributed by atoms with Crippen LogP contribution in [0.4, 0.5) is 0 Å². The van der Waals surface area contributed by atoms with Gasteiger partial charge >= 0.3 is 15.2 Å². The molecule has 0 fully saturated rings. The van der Waals surface area contributed by atoms with Gasteiger partial charge in [-0.3, -0.25) is 13.9 Å². The van der Waals surface area contributed by atoms with Crippen molar-refractivity contribution in [3.05, 3.63) is 29.8 Å². The van der Waals surface area contributed by atoms with Crippen LogP contribution in [0.2, 0.25) is 0 Å². The van der Waals surface area contributed by atoms with E-state index in [9.17, 15) is 13.9 Å². The minimum atomic E-state index is -4.21. The maximum atomic E-state index is 13.9. The van der Waals surface area contributed by atoms with Gasteiger partial charge in [0.2, 0.25) is 0 Å². The number of azo groups is 1. The van der Waals surface area contributed by atoms with Gasteiger partial charge in [0.15, 0.2) is 5.78 Å². The maximum absolute atomic E-state index is 13.9. The first kappa shape index (κ1) is 25.8. The van der Waals surface area contributed by atoms with Gasteiger partial charge in [-0.05, 0) is 39.8 Å². The highest BCUT2D eigenvalue weighted by molar-refractivity contribution is 7.74. The predicted molar refractivity (Wildman–Crippen MR) is 115 cm³/mol. The van der Waals surface area contributed by atoms with E-state index in [-0.39, 0.29) is 32.8 Å². The molecule has 0 amide bonds. The lowest BCUT2D eigenvalue weighted by molar-refractivity contribution is 0.0959. The molecule has 174 valence electrons. The molecule has 0 aliphatic carbocycles. The standard InChI is InChI=1S/C19H30N2O8P2/c1-6-26-30(23,27-7-2)19(31(24,28-8-3)29-9-4)14-17(20-21-19)18(22)15-11-10-12-16(13-15)25-5/h10-13,17H,6-9,14H2,1-5H3. The first-order chi connectivity index (χ1) is 14.8. The van der Waals surface area contributed by atoms with Crippen molar-refractivity contribution in [1.29, 1.82) is 0 Å². The Morgan fingerprint density at radius 1 is 1.00 bits per heavy atom. The van der Waals surface area contributed by atoms with Crippen LogP contribution in [-0.4, -0.2) is 50.4 Å². The molecule has 10 nitrogen and oxygen atoms in total. The smallest absolute Gasteiger partial charge is 0.372 e. The number of Topliss-reactive ketones (excluding diaryl/α,β-unsaturated/α-hetero) is 1. The summed E-state index contributed by atoms with van der Waals surface area (Å²) >= 11 is 0. The summed E-state index contributed by atoms with van der Waals surface area (Å²) in [6.07, 6.45) is -0.308. The monoisotopic (exact) mass is 476 g/mol. The second-order valence-corrected chi connectivity index (χ2v) is 11.3. The summed E-state index contributed by atoms with van der Waals surface area (Å²) in [4.78, 5) is 13.1. The molecule has 0 N–H and O–H groups in total. The van der Waals surface area contributed by atoms with Crippen molar-refractivity contribution < 1.29 is 36.8 Å². The summed E-state index contributed by atoms with van der Waals surface area (Å²) in [5.41, 5.74) is 0.324. The SMILES string of the molecule is CCOP(=O)(OCC)C1(P(=O)(OCC)OCC)CC(C(=O)c2cccc(OC)c2)N=N1. The molecule has 0 saturated carbocycles. The van der Waals surface area contributed by atoms with Crippen molar-refractivity contribution in [2.75, 3.05) is 33.5 Å². The van der Waals surface area contributed by atoms with Crippen LogP contribution in [0.3, 0.4) is 0 Å². The lowest BCUT2D eigenvalue weighted by Crippen LogP contribution is -2.33. The fourth-order valence-corrected chi connectivity index (χ4v) is 8.61. The van der Waals surface area contributed by atoms with Crippen LogP contribution in [0.25, 0.3) is 0 Å². The number of ether oxygens (including phenoxy) is 1. The highest BCUT2D eigenvalue weighted by atomic mass is 31.2. The molecule has 0 spiro atoms. The zero-order chi connectivity index (χ0) is 23.1. The van der Waals surface area contributed by atoms with E-state index in [1.807, 2.05) is 0 Å². The van der Waals surface area contributed by atoms with E-state index in [4.69, 9.17) is 22.8 Å². The van der Waals surface area contributed by atoms with Crippen LogP contribution in [0.1, 0.15) is 44.5 Å². The molecule has 1 atom stereocenters. The second kappa shape index (κ2) is 10.9. The van der Waals surface area contributed by atoms with Gasteiger partial charge in [-0.2, -0.15) is 10.2 Å². The normalized spacial score (nSPS) is 18.3. The number of hydrogen-bond donors (Lipinski definition) is 0. The third-order valence-electron chi connectivity index (χ3n) is 4.55. The fourth-order valence-electron chi connectivity index (χ4n) is 3.27. The van der Waals surface area contributed by atoms with Crippen molar-refractivity contribution in [2.24, 2.45) is 10.2 Å². The Hall–Kier alpha value is -1.41. The van der Waals surface area contributed by atoms with Crippen LogP contribution < -0.4 is 4.74 Å². The van der Waals surface area contributed by atoms with Crippen molar-refractivity contribution in [1.82, 2.24) is 0 Å². The number of benzene rings is 1. The van der Waals surface area contributed by atoms with Crippen molar-refractivity contribution >= 4 is 21.0 Å². The number of methoxy groups -OCH3 is 1. The zero-order valence-corrected chi connectivity index (χ0v) is 20.3. The van der Waals surface area contributed by atoms with Crippen molar-refractivity contribution in [2.45, 2.75) is 45.2 Å². The highest BCUT2D eigenvalue weighted by Crippen LogP contribution is 2.81. The predicted octanol–water partition coefficient (Wildman–Crippen LogP) is 5.29. The minimum Gasteiger partial charge on any atom is -0.497 e. The van der Waals surface area contributed by atoms with E-state index in [1.54, 1.807) is 52.0 Å². The molecule has 0 bridgehead atoms. The third-order valence-corrected chi connectivity index (χ3v) is 10.7. The first-order valence-corrected chi connectivity index (χ1v) is 13.2. The maximum Gasteiger partial charge on any atom is 0.372 e. The van der Waals surface area contributed by atoms with Gasteiger partial charge in [0.1, 0.15) is 11.8 Å². The summed E-state index contributed by atoms with van der Waals surface area (Å²) in [5, 5.41) is 6.07. The number of rotatable bonds is 13. The Labute approximate surface area is 182 Å². The molecule has 1 aliphatic heterocycles. The van der Waals surface area contributed by atoms with Gasteiger partial charge in [0.05, 0.1) is 33.5 Å². The summed E-state index contributed by atoms with van der Waals surface area (Å²) < 4.78 is 54.9. The molecule has 1 aromatic rings. The molecule has 1 aromatic carbocycles. The molecule has 1 heterocycles. The average Bonchev–Trinajstić information content (AvgIpc) is 3.22. The molecule has 0 aromatic heterocycles. The van der Waals surface area contributed by atoms with Crippen molar-refractivity contribution in [3.8, 4) is 5.75 Å². The van der Waals surface area contributed by atoms with Gasteiger partial charge in [0.25, 0.3) is 5.02 Å². The molecule has 1 aliphatic rings. The highest BCUT2D eigenvalue weighted by Gasteiger charge is 2.69. The number of ketones is 1. The quantitative estimate of drug-likeness (QED) is 0.278. The molecular weight excluding hydrogens is 446 g/mol. The molecule has 2 rings (SSSR count). The molecular formula is C19H30N2O8P2. The van der Waals surface area contributed by atoms with Crippen LogP contribution >= 0.6 is 15.2 Å². The van der Waals surface area contributed by atoms with Crippen LogP contribution in [0.15, 0.2) is 34.5 Å². The Morgan fingerprint density at radius 2 is 1.52 bits per heavy atom. The van der Waals surface area contributed by atoms with E-state index in [2.05, 4.69) is 10.2 Å². The molecule has 0 radical (unpaired) electrons. The van der Waals surface area contributed by atoms with Gasteiger partial charge in [0, 0.05) is 12.0 Å². The van der Waals surface area contributed by atoms with Crippen molar-refractivity contribution in [3.63, 3.8) is 0 Å². The minimum absolute atomic E-state index is 0.00128. The van der Waals surface area contributed by atoms with E-state index in [1.165, 1.54) is 7.11 Å². The van der Waals surface area contributed by atoms with Gasteiger partial charge < -0.3 is 22.8 Å². The topological polar surface area (TPSA) is 122 Å². The first-order valence-electron chi connectivity index (χ1n) is 10.1. The molecule has 12 heteroatoms.